The summed E-state index contributed by atoms with van der Waals surface area (Å²) in [6, 6.07) is -0.885. The maximum atomic E-state index is 13.0. The number of fused-ring (bicyclic) bond motifs is 4. The summed E-state index contributed by atoms with van der Waals surface area (Å²) >= 11 is 2.61. The molecule has 6 heterocycles. The van der Waals surface area contributed by atoms with Gasteiger partial charge in [-0.1, -0.05) is 5.16 Å². The number of anilines is 1. The zero-order valence-electron chi connectivity index (χ0n) is 18.7. The first-order chi connectivity index (χ1) is 16.3. The highest BCUT2D eigenvalue weighted by Crippen LogP contribution is 2.42. The number of hydrogen-bond donors (Lipinski definition) is 2. The number of quaternary nitrogens is 1. The van der Waals surface area contributed by atoms with Crippen LogP contribution in [0.4, 0.5) is 5.13 Å². The number of nitrogens with two attached hydrogens (primary N) is 1. The van der Waals surface area contributed by atoms with E-state index in [0.717, 1.165) is 46.9 Å². The van der Waals surface area contributed by atoms with E-state index in [-0.39, 0.29) is 22.2 Å². The molecule has 5 aliphatic heterocycles. The fourth-order valence-corrected chi connectivity index (χ4v) is 7.36. The van der Waals surface area contributed by atoms with Crippen molar-refractivity contribution in [1.82, 2.24) is 15.2 Å². The number of aromatic nitrogens is 1. The number of hydrogen-bond acceptors (Lipinski definition) is 10. The van der Waals surface area contributed by atoms with Crippen molar-refractivity contribution in [3.05, 3.63) is 22.3 Å². The molecule has 182 valence electrons. The van der Waals surface area contributed by atoms with Crippen molar-refractivity contribution in [3.63, 3.8) is 0 Å². The Balaban J connectivity index is 1.33. The van der Waals surface area contributed by atoms with Crippen molar-refractivity contribution in [2.45, 2.75) is 30.7 Å². The summed E-state index contributed by atoms with van der Waals surface area (Å²) in [6.07, 6.45) is 3.53. The third kappa shape index (κ3) is 3.95. The summed E-state index contributed by atoms with van der Waals surface area (Å²) in [4.78, 5) is 48.1. The highest BCUT2D eigenvalue weighted by Gasteiger charge is 2.54. The number of amides is 2. The Hall–Kier alpha value is -2.64. The number of oxime groups is 1. The van der Waals surface area contributed by atoms with E-state index in [2.05, 4.69) is 15.5 Å². The van der Waals surface area contributed by atoms with Gasteiger partial charge in [0.15, 0.2) is 10.8 Å². The van der Waals surface area contributed by atoms with Crippen LogP contribution < -0.4 is 16.2 Å². The Bertz CT molecular complexity index is 1080. The molecule has 11 nitrogen and oxygen atoms in total. The van der Waals surface area contributed by atoms with Crippen LogP contribution in [-0.4, -0.2) is 88.3 Å². The Morgan fingerprint density at radius 2 is 2.06 bits per heavy atom. The van der Waals surface area contributed by atoms with E-state index in [1.165, 1.54) is 43.0 Å². The zero-order chi connectivity index (χ0) is 24.0. The minimum absolute atomic E-state index is 0.0301. The van der Waals surface area contributed by atoms with E-state index in [1.54, 1.807) is 5.38 Å². The maximum absolute atomic E-state index is 13.0. The van der Waals surface area contributed by atoms with Gasteiger partial charge in [0.1, 0.15) is 30.8 Å². The lowest BCUT2D eigenvalue weighted by molar-refractivity contribution is -0.938. The SMILES string of the molecule is CO/N=C(\C(=O)NC1C(=O)N2C(C(=O)[O-])=C(C[N+]34CCC(CC3)CC4)CS[C@@H]12)c1csc(N)n1. The summed E-state index contributed by atoms with van der Waals surface area (Å²) in [7, 11) is 1.30. The van der Waals surface area contributed by atoms with Crippen molar-refractivity contribution >= 4 is 51.7 Å². The van der Waals surface area contributed by atoms with Crippen LogP contribution >= 0.6 is 23.1 Å². The lowest BCUT2D eigenvalue weighted by Crippen LogP contribution is -2.72. The van der Waals surface area contributed by atoms with Crippen LogP contribution in [0.2, 0.25) is 0 Å². The minimum atomic E-state index is -1.34. The quantitative estimate of drug-likeness (QED) is 0.209. The predicted octanol–water partition coefficient (Wildman–Crippen LogP) is -0.890. The molecule has 1 aromatic rings. The molecule has 3 N–H and O–H groups in total. The molecule has 4 saturated heterocycles. The number of nitrogens with zero attached hydrogens (tertiary/aromatic N) is 4. The Morgan fingerprint density at radius 1 is 1.35 bits per heavy atom. The zero-order valence-corrected chi connectivity index (χ0v) is 20.3. The van der Waals surface area contributed by atoms with Crippen LogP contribution in [-0.2, 0) is 19.2 Å². The molecular formula is C21H26N6O5S2. The second kappa shape index (κ2) is 8.86. The molecule has 0 aliphatic carbocycles. The van der Waals surface area contributed by atoms with E-state index in [1.807, 2.05) is 0 Å². The number of β-lactam (4-membered cyclic amide) rings is 1. The molecule has 13 heteroatoms. The third-order valence-corrected chi connectivity index (χ3v) is 9.26. The van der Waals surface area contributed by atoms with Crippen LogP contribution in [0.15, 0.2) is 21.8 Å². The first kappa shape index (κ1) is 23.1. The van der Waals surface area contributed by atoms with Crippen LogP contribution in [0.3, 0.4) is 0 Å². The average Bonchev–Trinajstić information content (AvgIpc) is 3.27. The summed E-state index contributed by atoms with van der Waals surface area (Å²) in [5.74, 6) is -1.19. The molecule has 34 heavy (non-hydrogen) atoms. The van der Waals surface area contributed by atoms with E-state index in [9.17, 15) is 19.5 Å². The topological polar surface area (TPSA) is 150 Å². The molecule has 2 bridgehead atoms. The lowest BCUT2D eigenvalue weighted by Gasteiger charge is -2.53. The monoisotopic (exact) mass is 506 g/mol. The van der Waals surface area contributed by atoms with Gasteiger partial charge in [0.25, 0.3) is 11.8 Å². The van der Waals surface area contributed by atoms with E-state index >= 15 is 0 Å². The van der Waals surface area contributed by atoms with Gasteiger partial charge in [-0.05, 0) is 25.2 Å². The van der Waals surface area contributed by atoms with Crippen LogP contribution in [0, 0.1) is 5.92 Å². The van der Waals surface area contributed by atoms with Crippen molar-refractivity contribution in [2.24, 2.45) is 11.1 Å². The van der Waals surface area contributed by atoms with E-state index < -0.39 is 29.2 Å². The molecule has 0 spiro atoms. The molecule has 5 aliphatic rings. The van der Waals surface area contributed by atoms with Crippen molar-refractivity contribution in [2.75, 3.05) is 44.8 Å². The Morgan fingerprint density at radius 3 is 2.65 bits per heavy atom. The van der Waals surface area contributed by atoms with Gasteiger partial charge >= 0.3 is 0 Å². The number of nitrogen functional groups attached to an aromatic ring is 1. The summed E-state index contributed by atoms with van der Waals surface area (Å²) < 4.78 is 0.893. The number of carbonyl (C=O) groups excluding carboxylic acids is 3. The summed E-state index contributed by atoms with van der Waals surface area (Å²) in [6.45, 7) is 3.79. The Kier molecular flexibility index (Phi) is 6.02. The fraction of sp³-hybridized carbons (Fsp3) is 0.571. The summed E-state index contributed by atoms with van der Waals surface area (Å²) in [5.41, 5.74) is 6.50. The average molecular weight is 507 g/mol. The largest absolute Gasteiger partial charge is 0.543 e. The maximum Gasteiger partial charge on any atom is 0.276 e. The van der Waals surface area contributed by atoms with Gasteiger partial charge in [-0.25, -0.2) is 4.98 Å². The van der Waals surface area contributed by atoms with Gasteiger partial charge < -0.3 is 30.3 Å². The van der Waals surface area contributed by atoms with E-state index in [0.29, 0.717) is 12.3 Å². The molecule has 0 aromatic carbocycles. The number of nitrogens with one attached hydrogen (secondary N) is 1. The third-order valence-electron chi connectivity index (χ3n) is 7.25. The van der Waals surface area contributed by atoms with Crippen molar-refractivity contribution < 1.29 is 28.8 Å². The number of thioether (sulfide) groups is 1. The second-order valence-corrected chi connectivity index (χ2v) is 11.2. The van der Waals surface area contributed by atoms with Crippen LogP contribution in [0.5, 0.6) is 0 Å². The lowest BCUT2D eigenvalue weighted by atomic mass is 9.85. The highest BCUT2D eigenvalue weighted by atomic mass is 32.2. The van der Waals surface area contributed by atoms with Gasteiger partial charge in [-0.3, -0.25) is 14.5 Å². The first-order valence-electron chi connectivity index (χ1n) is 11.2. The molecule has 1 unspecified atom stereocenters. The van der Waals surface area contributed by atoms with Gasteiger partial charge in [0.05, 0.1) is 31.3 Å². The number of thiazole rings is 1. The minimum Gasteiger partial charge on any atom is -0.543 e. The second-order valence-electron chi connectivity index (χ2n) is 9.20. The molecule has 4 fully saturated rings. The fourth-order valence-electron chi connectivity index (χ4n) is 5.47. The predicted molar refractivity (Wildman–Crippen MR) is 124 cm³/mol. The molecular weight excluding hydrogens is 480 g/mol. The smallest absolute Gasteiger partial charge is 0.276 e. The van der Waals surface area contributed by atoms with Crippen LogP contribution in [0.25, 0.3) is 0 Å². The molecule has 2 atom stereocenters. The Labute approximate surface area is 204 Å². The normalized spacial score (nSPS) is 30.6. The number of carboxylic acid groups (broad SMARTS) is 1. The van der Waals surface area contributed by atoms with Crippen molar-refractivity contribution in [1.29, 1.82) is 0 Å². The standard InChI is InChI=1S/C21H26N6O5S2/c1-32-25-14(13-10-34-21(22)23-13)17(28)24-15-18(29)26-16(20(30)31)12(9-33-19(15)26)8-27-5-2-11(3-6-27)4-7-27/h10-11,15,19H,2-9H2,1H3,(H3-,22,23,24,28,30,31)/b25-14-/t11?,15?,19-,27?/m0/s1. The number of rotatable bonds is 7. The molecule has 1 aromatic heterocycles. The van der Waals surface area contributed by atoms with Gasteiger partial charge in [-0.15, -0.1) is 23.1 Å². The van der Waals surface area contributed by atoms with Gasteiger partial charge in [0.2, 0.25) is 0 Å². The molecule has 0 radical (unpaired) electrons. The van der Waals surface area contributed by atoms with Gasteiger partial charge in [0, 0.05) is 16.7 Å². The number of carbonyl (C=O) groups is 3. The number of carboxylic acids is 1. The molecule has 0 saturated carbocycles. The number of aliphatic carboxylic acids is 1. The highest BCUT2D eigenvalue weighted by molar-refractivity contribution is 8.00. The number of piperidine rings is 3. The van der Waals surface area contributed by atoms with Crippen molar-refractivity contribution in [3.8, 4) is 0 Å². The van der Waals surface area contributed by atoms with E-state index in [4.69, 9.17) is 10.6 Å². The molecule has 2 amide bonds. The molecule has 6 rings (SSSR count). The van der Waals surface area contributed by atoms with Crippen LogP contribution in [0.1, 0.15) is 25.0 Å². The first-order valence-corrected chi connectivity index (χ1v) is 13.1. The van der Waals surface area contributed by atoms with Gasteiger partial charge in [-0.2, -0.15) is 0 Å². The summed E-state index contributed by atoms with van der Waals surface area (Å²) in [5, 5.41) is 19.8.